The molecule has 0 aliphatic rings. The average molecular weight is 484 g/mol. The van der Waals surface area contributed by atoms with Crippen molar-refractivity contribution in [2.45, 2.75) is 19.3 Å². The molecule has 1 atom stereocenters. The Morgan fingerprint density at radius 2 is 1.67 bits per heavy atom. The van der Waals surface area contributed by atoms with Crippen LogP contribution < -0.4 is 16.6 Å². The SMILES string of the molecule is CC(=O)Nc1ccc(C(Cc2ccccc2F)c2nc3c([nH]2)c(=O)[nH]c(=O)n3-c2ccccc2)cc1. The van der Waals surface area contributed by atoms with Gasteiger partial charge < -0.3 is 10.3 Å². The van der Waals surface area contributed by atoms with Gasteiger partial charge in [-0.3, -0.25) is 14.6 Å². The zero-order chi connectivity index (χ0) is 25.2. The third kappa shape index (κ3) is 4.46. The van der Waals surface area contributed by atoms with Gasteiger partial charge in [0.2, 0.25) is 5.91 Å². The third-order valence-electron chi connectivity index (χ3n) is 5.93. The summed E-state index contributed by atoms with van der Waals surface area (Å²) in [6.45, 7) is 1.42. The van der Waals surface area contributed by atoms with E-state index >= 15 is 0 Å². The molecule has 1 unspecified atom stereocenters. The summed E-state index contributed by atoms with van der Waals surface area (Å²) < 4.78 is 15.9. The van der Waals surface area contributed by atoms with Crippen LogP contribution in [-0.4, -0.2) is 25.4 Å². The molecule has 1 amide bonds. The highest BCUT2D eigenvalue weighted by atomic mass is 19.1. The van der Waals surface area contributed by atoms with Crippen LogP contribution >= 0.6 is 0 Å². The van der Waals surface area contributed by atoms with Crippen molar-refractivity contribution < 1.29 is 9.18 Å². The monoisotopic (exact) mass is 483 g/mol. The van der Waals surface area contributed by atoms with E-state index < -0.39 is 17.2 Å². The molecule has 3 N–H and O–H groups in total. The number of carbonyl (C=O) groups is 1. The Morgan fingerprint density at radius 3 is 2.36 bits per heavy atom. The van der Waals surface area contributed by atoms with Crippen molar-refractivity contribution in [3.8, 4) is 5.69 Å². The smallest absolute Gasteiger partial charge is 0.334 e. The number of nitrogens with one attached hydrogen (secondary N) is 3. The molecule has 0 bridgehead atoms. The van der Waals surface area contributed by atoms with E-state index in [9.17, 15) is 18.8 Å². The standard InChI is InChI=1S/C27H22FN5O3/c1-16(34)29-19-13-11-17(12-14-19)21(15-18-7-5-6-10-22(18)28)24-30-23-25(31-24)33(27(36)32-26(23)35)20-8-3-2-4-9-20/h2-14,21H,15H2,1H3,(H,29,34)(H,30,31)(H,32,35,36). The summed E-state index contributed by atoms with van der Waals surface area (Å²) in [5.74, 6) is -0.616. The average Bonchev–Trinajstić information content (AvgIpc) is 3.30. The molecule has 0 spiro atoms. The maximum Gasteiger partial charge on any atom is 0.334 e. The quantitative estimate of drug-likeness (QED) is 0.340. The number of rotatable bonds is 6. The van der Waals surface area contributed by atoms with E-state index in [2.05, 4.69) is 20.3 Å². The van der Waals surface area contributed by atoms with Crippen molar-refractivity contribution >= 4 is 22.8 Å². The highest BCUT2D eigenvalue weighted by molar-refractivity contribution is 5.88. The molecule has 9 heteroatoms. The number of imidazole rings is 1. The van der Waals surface area contributed by atoms with E-state index in [1.165, 1.54) is 17.6 Å². The highest BCUT2D eigenvalue weighted by Gasteiger charge is 2.23. The van der Waals surface area contributed by atoms with Gasteiger partial charge in [-0.2, -0.15) is 0 Å². The minimum atomic E-state index is -0.609. The maximum atomic E-state index is 14.6. The number of nitrogens with zero attached hydrogens (tertiary/aromatic N) is 2. The first-order valence-corrected chi connectivity index (χ1v) is 11.3. The van der Waals surface area contributed by atoms with E-state index in [1.54, 1.807) is 54.6 Å². The van der Waals surface area contributed by atoms with Gasteiger partial charge in [-0.05, 0) is 47.9 Å². The zero-order valence-corrected chi connectivity index (χ0v) is 19.3. The van der Waals surface area contributed by atoms with Crippen molar-refractivity contribution in [2.24, 2.45) is 0 Å². The molecule has 3 aromatic carbocycles. The fourth-order valence-electron chi connectivity index (χ4n) is 4.25. The summed E-state index contributed by atoms with van der Waals surface area (Å²) in [4.78, 5) is 46.9. The second-order valence-electron chi connectivity index (χ2n) is 8.40. The number of amides is 1. The number of hydrogen-bond donors (Lipinski definition) is 3. The molecule has 180 valence electrons. The van der Waals surface area contributed by atoms with Gasteiger partial charge >= 0.3 is 5.69 Å². The van der Waals surface area contributed by atoms with Gasteiger partial charge in [-0.15, -0.1) is 0 Å². The zero-order valence-electron chi connectivity index (χ0n) is 19.3. The Bertz CT molecular complexity index is 1670. The summed E-state index contributed by atoms with van der Waals surface area (Å²) in [5.41, 5.74) is 1.55. The Morgan fingerprint density at radius 1 is 0.972 bits per heavy atom. The van der Waals surface area contributed by atoms with Crippen molar-refractivity contribution in [3.63, 3.8) is 0 Å². The van der Waals surface area contributed by atoms with Gasteiger partial charge in [0.1, 0.15) is 17.2 Å². The van der Waals surface area contributed by atoms with Crippen LogP contribution in [0.5, 0.6) is 0 Å². The van der Waals surface area contributed by atoms with E-state index in [-0.39, 0.29) is 29.3 Å². The van der Waals surface area contributed by atoms with Gasteiger partial charge in [-0.25, -0.2) is 18.7 Å². The summed E-state index contributed by atoms with van der Waals surface area (Å²) in [6.07, 6.45) is 0.249. The summed E-state index contributed by atoms with van der Waals surface area (Å²) in [6, 6.07) is 22.5. The molecule has 0 radical (unpaired) electrons. The molecule has 0 saturated carbocycles. The molecule has 0 aliphatic heterocycles. The van der Waals surface area contributed by atoms with Crippen molar-refractivity contribution in [2.75, 3.05) is 5.32 Å². The van der Waals surface area contributed by atoms with Crippen LogP contribution in [-0.2, 0) is 11.2 Å². The minimum Gasteiger partial charge on any atom is -0.336 e. The molecule has 0 saturated heterocycles. The number of carbonyl (C=O) groups excluding carboxylic acids is 1. The van der Waals surface area contributed by atoms with Gasteiger partial charge in [0, 0.05) is 18.5 Å². The Kier molecular flexibility index (Phi) is 6.03. The fourth-order valence-corrected chi connectivity index (χ4v) is 4.25. The second kappa shape index (κ2) is 9.46. The number of fused-ring (bicyclic) bond motifs is 1. The Hall–Kier alpha value is -4.79. The van der Waals surface area contributed by atoms with Gasteiger partial charge in [0.05, 0.1) is 5.69 Å². The van der Waals surface area contributed by atoms with E-state index in [1.807, 2.05) is 18.2 Å². The normalized spacial score (nSPS) is 11.9. The van der Waals surface area contributed by atoms with Crippen LogP contribution in [0.1, 0.15) is 29.8 Å². The number of benzene rings is 3. The number of halogens is 1. The summed E-state index contributed by atoms with van der Waals surface area (Å²) in [5, 5.41) is 2.72. The minimum absolute atomic E-state index is 0.141. The Balaban J connectivity index is 1.67. The van der Waals surface area contributed by atoms with Crippen molar-refractivity contribution in [3.05, 3.63) is 122 Å². The van der Waals surface area contributed by atoms with Crippen LogP contribution in [0.3, 0.4) is 0 Å². The molecule has 0 fully saturated rings. The van der Waals surface area contributed by atoms with Crippen LogP contribution in [0.25, 0.3) is 16.9 Å². The summed E-state index contributed by atoms with van der Waals surface area (Å²) in [7, 11) is 0. The lowest BCUT2D eigenvalue weighted by Crippen LogP contribution is -2.29. The number of hydrogen-bond acceptors (Lipinski definition) is 4. The van der Waals surface area contributed by atoms with E-state index in [0.29, 0.717) is 22.8 Å². The first-order chi connectivity index (χ1) is 17.4. The maximum absolute atomic E-state index is 14.6. The topological polar surface area (TPSA) is 113 Å². The van der Waals surface area contributed by atoms with Gasteiger partial charge in [0.15, 0.2) is 5.65 Å². The Labute approximate surface area is 204 Å². The number of para-hydroxylation sites is 1. The molecule has 36 heavy (non-hydrogen) atoms. The first-order valence-electron chi connectivity index (χ1n) is 11.3. The fraction of sp³-hybridized carbons (Fsp3) is 0.111. The van der Waals surface area contributed by atoms with Gasteiger partial charge in [0.25, 0.3) is 5.56 Å². The largest absolute Gasteiger partial charge is 0.336 e. The molecule has 0 aliphatic carbocycles. The lowest BCUT2D eigenvalue weighted by atomic mass is 9.91. The van der Waals surface area contributed by atoms with Crippen LogP contribution in [0.4, 0.5) is 10.1 Å². The number of aromatic nitrogens is 4. The first kappa shape index (κ1) is 23.0. The predicted octanol–water partition coefficient (Wildman–Crippen LogP) is 3.87. The molecule has 2 heterocycles. The van der Waals surface area contributed by atoms with Gasteiger partial charge in [-0.1, -0.05) is 48.5 Å². The molecule has 8 nitrogen and oxygen atoms in total. The molecule has 5 rings (SSSR count). The molecular formula is C27H22FN5O3. The van der Waals surface area contributed by atoms with Crippen LogP contribution in [0.15, 0.2) is 88.5 Å². The molecular weight excluding hydrogens is 461 g/mol. The number of anilines is 1. The second-order valence-corrected chi connectivity index (χ2v) is 8.40. The molecule has 2 aromatic heterocycles. The number of H-pyrrole nitrogens is 2. The lowest BCUT2D eigenvalue weighted by molar-refractivity contribution is -0.114. The predicted molar refractivity (Wildman–Crippen MR) is 135 cm³/mol. The lowest BCUT2D eigenvalue weighted by Gasteiger charge is -2.16. The molecule has 5 aromatic rings. The highest BCUT2D eigenvalue weighted by Crippen LogP contribution is 2.30. The van der Waals surface area contributed by atoms with E-state index in [4.69, 9.17) is 0 Å². The summed E-state index contributed by atoms with van der Waals surface area (Å²) >= 11 is 0. The van der Waals surface area contributed by atoms with Crippen LogP contribution in [0, 0.1) is 5.82 Å². The van der Waals surface area contributed by atoms with Crippen molar-refractivity contribution in [1.29, 1.82) is 0 Å². The number of aromatic amines is 2. The van der Waals surface area contributed by atoms with Crippen molar-refractivity contribution in [1.82, 2.24) is 19.5 Å². The van der Waals surface area contributed by atoms with Crippen LogP contribution in [0.2, 0.25) is 0 Å². The third-order valence-corrected chi connectivity index (χ3v) is 5.93. The van der Waals surface area contributed by atoms with E-state index in [0.717, 1.165) is 5.56 Å².